The Hall–Kier alpha value is -3.39. The standard InChI is InChI=1S/C28H42N4O9/c1-28(2,3)27(41)21-6-4-20(5-7-21)14-22-15-31(18-25(37)38)11-10-29(16-23(33)34)8-9-30(17-24(35)36)12-13-32(22)19-26(39)40/h4-7,22H,8-19H2,1-3H3,(H,33,34)(H,35,36)(H,37,38)(H,39,40). The number of nitrogens with zero attached hydrogens (tertiary/aromatic N) is 4. The van der Waals surface area contributed by atoms with Gasteiger partial charge in [-0.1, -0.05) is 45.0 Å². The summed E-state index contributed by atoms with van der Waals surface area (Å²) in [5, 5.41) is 38.0. The van der Waals surface area contributed by atoms with Crippen LogP contribution in [0.3, 0.4) is 0 Å². The van der Waals surface area contributed by atoms with Crippen LogP contribution in [0.15, 0.2) is 24.3 Å². The van der Waals surface area contributed by atoms with Crippen molar-refractivity contribution in [1.82, 2.24) is 19.6 Å². The number of aliphatic carboxylic acids is 4. The van der Waals surface area contributed by atoms with Gasteiger partial charge in [-0.15, -0.1) is 0 Å². The molecule has 1 aliphatic rings. The first kappa shape index (κ1) is 33.8. The molecule has 13 nitrogen and oxygen atoms in total. The summed E-state index contributed by atoms with van der Waals surface area (Å²) < 4.78 is 0. The van der Waals surface area contributed by atoms with Crippen molar-refractivity contribution in [3.8, 4) is 0 Å². The van der Waals surface area contributed by atoms with Crippen molar-refractivity contribution >= 4 is 29.7 Å². The topological polar surface area (TPSA) is 179 Å². The normalized spacial score (nSPS) is 19.1. The lowest BCUT2D eigenvalue weighted by molar-refractivity contribution is -0.142. The third kappa shape index (κ3) is 12.3. The lowest BCUT2D eigenvalue weighted by Gasteiger charge is -2.37. The number of benzene rings is 1. The number of ketones is 1. The molecule has 0 spiro atoms. The Balaban J connectivity index is 2.43. The van der Waals surface area contributed by atoms with Gasteiger partial charge < -0.3 is 20.4 Å². The van der Waals surface area contributed by atoms with Gasteiger partial charge in [0.2, 0.25) is 0 Å². The fraction of sp³-hybridized carbons (Fsp3) is 0.607. The van der Waals surface area contributed by atoms with Gasteiger partial charge in [0.1, 0.15) is 0 Å². The van der Waals surface area contributed by atoms with E-state index >= 15 is 0 Å². The Morgan fingerprint density at radius 1 is 0.659 bits per heavy atom. The van der Waals surface area contributed by atoms with Crippen LogP contribution < -0.4 is 0 Å². The van der Waals surface area contributed by atoms with E-state index in [0.717, 1.165) is 5.56 Å². The van der Waals surface area contributed by atoms with Crippen LogP contribution in [-0.4, -0.2) is 148 Å². The Morgan fingerprint density at radius 3 is 1.51 bits per heavy atom. The zero-order chi connectivity index (χ0) is 30.7. The first-order chi connectivity index (χ1) is 19.1. The van der Waals surface area contributed by atoms with Crippen LogP contribution in [0, 0.1) is 5.41 Å². The van der Waals surface area contributed by atoms with E-state index in [4.69, 9.17) is 0 Å². The molecule has 228 valence electrons. The molecule has 0 bridgehead atoms. The maximum Gasteiger partial charge on any atom is 0.317 e. The third-order valence-corrected chi connectivity index (χ3v) is 6.94. The number of hydrogen-bond donors (Lipinski definition) is 4. The van der Waals surface area contributed by atoms with Gasteiger partial charge in [0.15, 0.2) is 5.78 Å². The number of hydrogen-bond acceptors (Lipinski definition) is 9. The second kappa shape index (κ2) is 15.6. The summed E-state index contributed by atoms with van der Waals surface area (Å²) in [6, 6.07) is 6.61. The van der Waals surface area contributed by atoms with Crippen molar-refractivity contribution in [2.75, 3.05) is 72.0 Å². The molecule has 0 radical (unpaired) electrons. The molecule has 4 N–H and O–H groups in total. The van der Waals surface area contributed by atoms with Crippen molar-refractivity contribution in [1.29, 1.82) is 0 Å². The van der Waals surface area contributed by atoms with E-state index in [1.54, 1.807) is 43.9 Å². The molecule has 1 aliphatic heterocycles. The number of carboxylic acids is 4. The Bertz CT molecular complexity index is 1070. The highest BCUT2D eigenvalue weighted by molar-refractivity contribution is 5.99. The average Bonchev–Trinajstić information content (AvgIpc) is 2.84. The minimum atomic E-state index is -1.07. The summed E-state index contributed by atoms with van der Waals surface area (Å²) in [5.41, 5.74) is 0.826. The fourth-order valence-corrected chi connectivity index (χ4v) is 4.85. The molecule has 0 amide bonds. The molecule has 1 saturated heterocycles. The highest BCUT2D eigenvalue weighted by Crippen LogP contribution is 2.22. The van der Waals surface area contributed by atoms with Gasteiger partial charge >= 0.3 is 23.9 Å². The van der Waals surface area contributed by atoms with Gasteiger partial charge in [-0.25, -0.2) is 0 Å². The van der Waals surface area contributed by atoms with Crippen LogP contribution in [-0.2, 0) is 25.6 Å². The largest absolute Gasteiger partial charge is 0.480 e. The van der Waals surface area contributed by atoms with E-state index in [0.29, 0.717) is 12.0 Å². The molecule has 2 rings (SSSR count). The molecule has 1 atom stereocenters. The van der Waals surface area contributed by atoms with E-state index < -0.39 is 35.3 Å². The molecular formula is C28H42N4O9. The predicted octanol–water partition coefficient (Wildman–Crippen LogP) is 0.387. The Morgan fingerprint density at radius 2 is 1.07 bits per heavy atom. The highest BCUT2D eigenvalue weighted by Gasteiger charge is 2.28. The molecule has 1 heterocycles. The third-order valence-electron chi connectivity index (χ3n) is 6.94. The van der Waals surface area contributed by atoms with E-state index in [1.165, 1.54) is 0 Å². The van der Waals surface area contributed by atoms with Crippen molar-refractivity contribution in [3.05, 3.63) is 35.4 Å². The molecule has 41 heavy (non-hydrogen) atoms. The zero-order valence-corrected chi connectivity index (χ0v) is 24.0. The van der Waals surface area contributed by atoms with Crippen LogP contribution in [0.1, 0.15) is 36.7 Å². The number of carboxylic acid groups (broad SMARTS) is 4. The zero-order valence-electron chi connectivity index (χ0n) is 24.0. The van der Waals surface area contributed by atoms with Gasteiger partial charge in [-0.3, -0.25) is 43.6 Å². The molecule has 0 aliphatic carbocycles. The van der Waals surface area contributed by atoms with Crippen LogP contribution in [0.4, 0.5) is 0 Å². The summed E-state index contributed by atoms with van der Waals surface area (Å²) in [6.45, 7) is 5.82. The summed E-state index contributed by atoms with van der Waals surface area (Å²) in [6.07, 6.45) is 0.352. The average molecular weight is 579 g/mol. The number of carbonyl (C=O) groups is 5. The van der Waals surface area contributed by atoms with Crippen LogP contribution in [0.2, 0.25) is 0 Å². The van der Waals surface area contributed by atoms with Crippen LogP contribution >= 0.6 is 0 Å². The van der Waals surface area contributed by atoms with Gasteiger partial charge in [0.05, 0.1) is 26.2 Å². The van der Waals surface area contributed by atoms with Crippen molar-refractivity contribution in [3.63, 3.8) is 0 Å². The van der Waals surface area contributed by atoms with Crippen LogP contribution in [0.25, 0.3) is 0 Å². The first-order valence-corrected chi connectivity index (χ1v) is 13.6. The highest BCUT2D eigenvalue weighted by atomic mass is 16.4. The van der Waals surface area contributed by atoms with Crippen molar-refractivity contribution in [2.45, 2.75) is 33.2 Å². The van der Waals surface area contributed by atoms with Crippen molar-refractivity contribution < 1.29 is 44.4 Å². The molecule has 1 fully saturated rings. The van der Waals surface area contributed by atoms with Crippen molar-refractivity contribution in [2.24, 2.45) is 5.41 Å². The van der Waals surface area contributed by atoms with E-state index in [2.05, 4.69) is 0 Å². The minimum Gasteiger partial charge on any atom is -0.480 e. The summed E-state index contributed by atoms with van der Waals surface area (Å²) in [4.78, 5) is 65.9. The Kier molecular flexibility index (Phi) is 12.8. The fourth-order valence-electron chi connectivity index (χ4n) is 4.85. The maximum atomic E-state index is 12.7. The molecule has 0 aromatic heterocycles. The first-order valence-electron chi connectivity index (χ1n) is 13.6. The smallest absolute Gasteiger partial charge is 0.317 e. The van der Waals surface area contributed by atoms with Crippen LogP contribution in [0.5, 0.6) is 0 Å². The Labute approximate surface area is 239 Å². The molecule has 0 saturated carbocycles. The lowest BCUT2D eigenvalue weighted by Crippen LogP contribution is -2.53. The minimum absolute atomic E-state index is 0.0142. The van der Waals surface area contributed by atoms with E-state index in [9.17, 15) is 44.4 Å². The number of Topliss-reactive ketones (excluding diaryl/α,β-unsaturated/α-hetero) is 1. The molecule has 13 heteroatoms. The second-order valence-corrected chi connectivity index (χ2v) is 11.5. The second-order valence-electron chi connectivity index (χ2n) is 11.5. The monoisotopic (exact) mass is 578 g/mol. The molecule has 1 aromatic carbocycles. The van der Waals surface area contributed by atoms with E-state index in [1.807, 2.05) is 20.8 Å². The van der Waals surface area contributed by atoms with Gasteiger partial charge in [0.25, 0.3) is 0 Å². The summed E-state index contributed by atoms with van der Waals surface area (Å²) in [7, 11) is 0. The molecule has 1 unspecified atom stereocenters. The summed E-state index contributed by atoms with van der Waals surface area (Å²) >= 11 is 0. The maximum absolute atomic E-state index is 12.7. The van der Waals surface area contributed by atoms with Gasteiger partial charge in [0, 0.05) is 62.8 Å². The quantitative estimate of drug-likeness (QED) is 0.265. The number of rotatable bonds is 11. The van der Waals surface area contributed by atoms with Gasteiger partial charge in [-0.2, -0.15) is 0 Å². The molecular weight excluding hydrogens is 536 g/mol. The lowest BCUT2D eigenvalue weighted by atomic mass is 9.86. The van der Waals surface area contributed by atoms with Gasteiger partial charge in [-0.05, 0) is 12.0 Å². The SMILES string of the molecule is CC(C)(C)C(=O)c1ccc(CC2CN(CC(=O)O)CCN(CC(=O)O)CCN(CC(=O)O)CCN2CC(=O)O)cc1. The summed E-state index contributed by atoms with van der Waals surface area (Å²) in [5.74, 6) is -4.26. The van der Waals surface area contributed by atoms with E-state index in [-0.39, 0.29) is 77.8 Å². The number of carbonyl (C=O) groups excluding carboxylic acids is 1. The predicted molar refractivity (Wildman–Crippen MR) is 149 cm³/mol. The molecule has 1 aromatic rings.